The largest absolute Gasteiger partial charge is 0.436 e. The Labute approximate surface area is 101 Å². The van der Waals surface area contributed by atoms with Crippen molar-refractivity contribution in [3.05, 3.63) is 48.0 Å². The van der Waals surface area contributed by atoms with Gasteiger partial charge in [0, 0.05) is 11.8 Å². The van der Waals surface area contributed by atoms with Crippen LogP contribution in [0.2, 0.25) is 0 Å². The first-order valence-electron chi connectivity index (χ1n) is 5.25. The van der Waals surface area contributed by atoms with Gasteiger partial charge in [-0.15, -0.1) is 0 Å². The second-order valence-electron chi connectivity index (χ2n) is 3.84. The Morgan fingerprint density at radius 2 is 1.94 bits per heavy atom. The van der Waals surface area contributed by atoms with E-state index in [1.807, 2.05) is 0 Å². The Kier molecular flexibility index (Phi) is 2.26. The fourth-order valence-electron chi connectivity index (χ4n) is 1.77. The van der Waals surface area contributed by atoms with Gasteiger partial charge in [0.05, 0.1) is 5.56 Å². The quantitative estimate of drug-likeness (QED) is 0.670. The molecule has 0 atom stereocenters. The molecule has 0 bridgehead atoms. The highest BCUT2D eigenvalue weighted by atomic mass is 19.1. The van der Waals surface area contributed by atoms with Crippen molar-refractivity contribution < 1.29 is 13.2 Å². The Hall–Kier alpha value is -2.43. The second-order valence-corrected chi connectivity index (χ2v) is 3.84. The molecule has 1 heterocycles. The lowest BCUT2D eigenvalue weighted by molar-refractivity contribution is 0.593. The summed E-state index contributed by atoms with van der Waals surface area (Å²) in [6.45, 7) is 0. The summed E-state index contributed by atoms with van der Waals surface area (Å²) in [5.41, 5.74) is 6.72. The lowest BCUT2D eigenvalue weighted by Crippen LogP contribution is -1.93. The van der Waals surface area contributed by atoms with E-state index < -0.39 is 11.6 Å². The van der Waals surface area contributed by atoms with E-state index in [2.05, 4.69) is 4.98 Å². The van der Waals surface area contributed by atoms with Crippen LogP contribution in [0.1, 0.15) is 0 Å². The molecule has 0 aliphatic rings. The summed E-state index contributed by atoms with van der Waals surface area (Å²) in [5, 5.41) is 0. The van der Waals surface area contributed by atoms with Gasteiger partial charge in [-0.25, -0.2) is 13.8 Å². The summed E-state index contributed by atoms with van der Waals surface area (Å²) in [4.78, 5) is 4.04. The number of nitrogens with two attached hydrogens (primary N) is 1. The zero-order valence-electron chi connectivity index (χ0n) is 9.15. The van der Waals surface area contributed by atoms with Crippen LogP contribution in [0.4, 0.5) is 14.5 Å². The molecule has 0 aliphatic heterocycles. The Bertz CT molecular complexity index is 717. The fourth-order valence-corrected chi connectivity index (χ4v) is 1.77. The minimum atomic E-state index is -0.526. The van der Waals surface area contributed by atoms with Gasteiger partial charge in [0.15, 0.2) is 5.58 Å². The molecule has 2 aromatic carbocycles. The van der Waals surface area contributed by atoms with E-state index in [1.54, 1.807) is 6.07 Å². The molecule has 0 aliphatic carbocycles. The highest BCUT2D eigenvalue weighted by Gasteiger charge is 2.15. The zero-order valence-corrected chi connectivity index (χ0v) is 9.15. The number of anilines is 1. The molecule has 3 nitrogen and oxygen atoms in total. The molecule has 0 radical (unpaired) electrons. The summed E-state index contributed by atoms with van der Waals surface area (Å²) < 4.78 is 32.1. The summed E-state index contributed by atoms with van der Waals surface area (Å²) in [5.74, 6) is -0.905. The fraction of sp³-hybridized carbons (Fsp3) is 0. The summed E-state index contributed by atoms with van der Waals surface area (Å²) >= 11 is 0. The van der Waals surface area contributed by atoms with E-state index in [4.69, 9.17) is 10.2 Å². The van der Waals surface area contributed by atoms with Crippen LogP contribution in [0.3, 0.4) is 0 Å². The zero-order chi connectivity index (χ0) is 12.7. The predicted octanol–water partition coefficient (Wildman–Crippen LogP) is 3.36. The van der Waals surface area contributed by atoms with Gasteiger partial charge in [-0.1, -0.05) is 6.07 Å². The maximum atomic E-state index is 13.7. The van der Waals surface area contributed by atoms with Crippen LogP contribution in [0.15, 0.2) is 40.8 Å². The smallest absolute Gasteiger partial charge is 0.232 e. The summed E-state index contributed by atoms with van der Waals surface area (Å²) in [6, 6.07) is 8.23. The number of nitrogens with zero attached hydrogens (tertiary/aromatic N) is 1. The molecule has 0 fully saturated rings. The van der Waals surface area contributed by atoms with Gasteiger partial charge in [-0.3, -0.25) is 0 Å². The number of fused-ring (bicyclic) bond motifs is 1. The second kappa shape index (κ2) is 3.80. The van der Waals surface area contributed by atoms with Crippen molar-refractivity contribution in [1.29, 1.82) is 0 Å². The number of halogens is 2. The molecule has 1 aromatic heterocycles. The van der Waals surface area contributed by atoms with E-state index >= 15 is 0 Å². The number of oxazole rings is 1. The van der Waals surface area contributed by atoms with Crippen LogP contribution in [0.25, 0.3) is 22.6 Å². The van der Waals surface area contributed by atoms with Crippen LogP contribution >= 0.6 is 0 Å². The standard InChI is InChI=1S/C13H8F2N2O/c14-7-4-5-11-10(6-7)17-13(18-11)12-8(15)2-1-3-9(12)16/h1-6H,16H2. The van der Waals surface area contributed by atoms with Crippen LogP contribution in [0, 0.1) is 11.6 Å². The molecular weight excluding hydrogens is 238 g/mol. The number of benzene rings is 2. The van der Waals surface area contributed by atoms with Gasteiger partial charge >= 0.3 is 0 Å². The Morgan fingerprint density at radius 3 is 2.72 bits per heavy atom. The predicted molar refractivity (Wildman–Crippen MR) is 63.8 cm³/mol. The van der Waals surface area contributed by atoms with Crippen molar-refractivity contribution >= 4 is 16.8 Å². The highest BCUT2D eigenvalue weighted by Crippen LogP contribution is 2.30. The first kappa shape index (κ1) is 10.7. The number of aromatic nitrogens is 1. The molecule has 0 saturated carbocycles. The van der Waals surface area contributed by atoms with Crippen molar-refractivity contribution in [2.45, 2.75) is 0 Å². The number of hydrogen-bond acceptors (Lipinski definition) is 3. The maximum Gasteiger partial charge on any atom is 0.232 e. The van der Waals surface area contributed by atoms with E-state index in [0.29, 0.717) is 11.1 Å². The lowest BCUT2D eigenvalue weighted by Gasteiger charge is -2.01. The molecule has 3 aromatic rings. The average Bonchev–Trinajstić information content (AvgIpc) is 2.71. The molecule has 0 spiro atoms. The monoisotopic (exact) mass is 246 g/mol. The van der Waals surface area contributed by atoms with Crippen molar-refractivity contribution in [2.75, 3.05) is 5.73 Å². The van der Waals surface area contributed by atoms with Gasteiger partial charge in [0.25, 0.3) is 0 Å². The topological polar surface area (TPSA) is 52.0 Å². The molecule has 0 saturated heterocycles. The molecule has 90 valence electrons. The van der Waals surface area contributed by atoms with E-state index in [1.165, 1.54) is 30.3 Å². The first-order chi connectivity index (χ1) is 8.65. The van der Waals surface area contributed by atoms with Crippen molar-refractivity contribution in [3.8, 4) is 11.5 Å². The first-order valence-corrected chi connectivity index (χ1v) is 5.25. The van der Waals surface area contributed by atoms with Crippen LogP contribution in [-0.4, -0.2) is 4.98 Å². The van der Waals surface area contributed by atoms with Gasteiger partial charge in [0.2, 0.25) is 5.89 Å². The van der Waals surface area contributed by atoms with E-state index in [9.17, 15) is 8.78 Å². The normalized spacial score (nSPS) is 11.0. The van der Waals surface area contributed by atoms with Gasteiger partial charge in [0.1, 0.15) is 17.2 Å². The van der Waals surface area contributed by atoms with Gasteiger partial charge in [-0.05, 0) is 24.3 Å². The van der Waals surface area contributed by atoms with Crippen LogP contribution in [-0.2, 0) is 0 Å². The maximum absolute atomic E-state index is 13.7. The molecule has 0 amide bonds. The molecule has 5 heteroatoms. The Morgan fingerprint density at radius 1 is 1.11 bits per heavy atom. The van der Waals surface area contributed by atoms with Crippen molar-refractivity contribution in [3.63, 3.8) is 0 Å². The van der Waals surface area contributed by atoms with Gasteiger partial charge < -0.3 is 10.2 Å². The molecule has 0 unspecified atom stereocenters. The average molecular weight is 246 g/mol. The summed E-state index contributed by atoms with van der Waals surface area (Å²) in [6.07, 6.45) is 0. The van der Waals surface area contributed by atoms with Crippen molar-refractivity contribution in [1.82, 2.24) is 4.98 Å². The lowest BCUT2D eigenvalue weighted by atomic mass is 10.1. The third-order valence-corrected chi connectivity index (χ3v) is 2.61. The molecule has 18 heavy (non-hydrogen) atoms. The van der Waals surface area contributed by atoms with Crippen molar-refractivity contribution in [2.24, 2.45) is 0 Å². The Balaban J connectivity index is 2.26. The summed E-state index contributed by atoms with van der Waals surface area (Å²) in [7, 11) is 0. The molecule has 2 N–H and O–H groups in total. The minimum absolute atomic E-state index is 0.0474. The van der Waals surface area contributed by atoms with Crippen LogP contribution < -0.4 is 5.73 Å². The van der Waals surface area contributed by atoms with E-state index in [0.717, 1.165) is 0 Å². The third kappa shape index (κ3) is 1.60. The van der Waals surface area contributed by atoms with E-state index in [-0.39, 0.29) is 17.1 Å². The SMILES string of the molecule is Nc1cccc(F)c1-c1nc2cc(F)ccc2o1. The molecule has 3 rings (SSSR count). The third-order valence-electron chi connectivity index (χ3n) is 2.61. The highest BCUT2D eigenvalue weighted by molar-refractivity contribution is 5.79. The number of nitrogen functional groups attached to an aromatic ring is 1. The molecular formula is C13H8F2N2O. The number of rotatable bonds is 1. The van der Waals surface area contributed by atoms with Gasteiger partial charge in [-0.2, -0.15) is 0 Å². The number of hydrogen-bond donors (Lipinski definition) is 1. The van der Waals surface area contributed by atoms with Crippen LogP contribution in [0.5, 0.6) is 0 Å². The minimum Gasteiger partial charge on any atom is -0.436 e.